The third kappa shape index (κ3) is 14.4. The number of aromatic amines is 1. The smallest absolute Gasteiger partial charge is 0.490 e. The Morgan fingerprint density at radius 2 is 1.62 bits per heavy atom. The summed E-state index contributed by atoms with van der Waals surface area (Å²) in [4.78, 5) is 38.7. The highest BCUT2D eigenvalue weighted by atomic mass is 32.1. The van der Waals surface area contributed by atoms with Crippen molar-refractivity contribution in [3.05, 3.63) is 41.8 Å². The number of rotatable bonds is 7. The summed E-state index contributed by atoms with van der Waals surface area (Å²) in [6, 6.07) is 12.5. The Balaban J connectivity index is 0.000000658. The van der Waals surface area contributed by atoms with E-state index in [9.17, 15) is 31.1 Å². The van der Waals surface area contributed by atoms with Crippen molar-refractivity contribution >= 4 is 45.3 Å². The van der Waals surface area contributed by atoms with E-state index < -0.39 is 36.0 Å². The van der Waals surface area contributed by atoms with E-state index in [4.69, 9.17) is 30.3 Å². The minimum absolute atomic E-state index is 0.0269. The van der Waals surface area contributed by atoms with E-state index in [1.54, 1.807) is 11.3 Å². The molecular weight excluding hydrogens is 660 g/mol. The number of halogens is 6. The van der Waals surface area contributed by atoms with Gasteiger partial charge >= 0.3 is 24.4 Å². The summed E-state index contributed by atoms with van der Waals surface area (Å²) in [5, 5.41) is 23.1. The Kier molecular flexibility index (Phi) is 14.4. The molecule has 6 N–H and O–H groups in total. The molecule has 0 spiro atoms. The van der Waals surface area contributed by atoms with Crippen LogP contribution in [-0.4, -0.2) is 65.8 Å². The Morgan fingerprint density at radius 3 is 2.09 bits per heavy atom. The number of anilines is 1. The van der Waals surface area contributed by atoms with Crippen LogP contribution in [0.3, 0.4) is 0 Å². The lowest BCUT2D eigenvalue weighted by atomic mass is 9.90. The third-order valence-electron chi connectivity index (χ3n) is 6.15. The number of carboxylic acid groups (broad SMARTS) is 2. The third-order valence-corrected chi connectivity index (χ3v) is 7.27. The number of fused-ring (bicyclic) bond motifs is 2. The number of aliphatic carboxylic acids is 2. The predicted molar refractivity (Wildman–Crippen MR) is 160 cm³/mol. The van der Waals surface area contributed by atoms with Gasteiger partial charge in [-0.1, -0.05) is 6.92 Å². The average Bonchev–Trinajstić information content (AvgIpc) is 2.92. The van der Waals surface area contributed by atoms with Crippen molar-refractivity contribution < 1.29 is 60.7 Å². The minimum Gasteiger partial charge on any atom is -0.542 e. The standard InChI is InChI=1S/C25H35N5O2S.2C2HF3O2/c1-7-25(6,16(2)26)30-18-9-11-20-22(15-18)33-21-14-17(8-10-19(21)29-20)27-12-13-28-23(31)32-24(3,4)5;2*3-2(4,5)1(6)7/h8-11,14-16,30H,7,12-13,26H2,1-6H3,(H,28,31);2*(H,6,7). The molecule has 1 heterocycles. The maximum atomic E-state index is 11.8. The number of nitrogens with two attached hydrogens (primary N) is 1. The predicted octanol–water partition coefficient (Wildman–Crippen LogP) is 4.11. The molecule has 2 atom stereocenters. The van der Waals surface area contributed by atoms with Crippen LogP contribution in [0.4, 0.5) is 36.8 Å². The van der Waals surface area contributed by atoms with Crippen LogP contribution in [0, 0.1) is 0 Å². The lowest BCUT2D eigenvalue weighted by Crippen LogP contribution is -2.49. The largest absolute Gasteiger partial charge is 0.542 e. The zero-order valence-electron chi connectivity index (χ0n) is 26.4. The zero-order chi connectivity index (χ0) is 36.4. The van der Waals surface area contributed by atoms with Crippen molar-refractivity contribution in [1.29, 1.82) is 0 Å². The molecule has 0 saturated carbocycles. The Hall–Kier alpha value is -4.19. The highest BCUT2D eigenvalue weighted by molar-refractivity contribution is 7.21. The minimum atomic E-state index is -5.19. The van der Waals surface area contributed by atoms with Crippen molar-refractivity contribution in [1.82, 2.24) is 5.32 Å². The number of carbonyl (C=O) groups excluding carboxylic acids is 2. The number of carbonyl (C=O) groups is 3. The number of nitrogens with zero attached hydrogens (tertiary/aromatic N) is 1. The van der Waals surface area contributed by atoms with Gasteiger partial charge in [-0.25, -0.2) is 14.6 Å². The lowest BCUT2D eigenvalue weighted by molar-refractivity contribution is -0.344. The molecule has 47 heavy (non-hydrogen) atoms. The van der Waals surface area contributed by atoms with Crippen molar-refractivity contribution in [2.75, 3.05) is 18.4 Å². The molecule has 1 aromatic rings. The van der Waals surface area contributed by atoms with Crippen molar-refractivity contribution in [3.8, 4) is 10.6 Å². The van der Waals surface area contributed by atoms with Gasteiger partial charge in [0.25, 0.3) is 0 Å². The lowest BCUT2D eigenvalue weighted by Gasteiger charge is -2.34. The summed E-state index contributed by atoms with van der Waals surface area (Å²) < 4.78 is 69.7. The highest BCUT2D eigenvalue weighted by Crippen LogP contribution is 2.30. The highest BCUT2D eigenvalue weighted by Gasteiger charge is 2.38. The van der Waals surface area contributed by atoms with E-state index in [2.05, 4.69) is 58.7 Å². The summed E-state index contributed by atoms with van der Waals surface area (Å²) in [6.45, 7) is 12.8. The van der Waals surface area contributed by atoms with Crippen LogP contribution in [0.5, 0.6) is 0 Å². The van der Waals surface area contributed by atoms with Crippen LogP contribution in [0.1, 0.15) is 48.0 Å². The molecule has 262 valence electrons. The van der Waals surface area contributed by atoms with Crippen LogP contribution in [0.2, 0.25) is 0 Å². The first-order chi connectivity index (χ1) is 21.4. The fraction of sp³-hybridized carbons (Fsp3) is 0.483. The van der Waals surface area contributed by atoms with E-state index >= 15 is 0 Å². The van der Waals surface area contributed by atoms with Gasteiger partial charge in [0.15, 0.2) is 0 Å². The molecule has 0 fully saturated rings. The Bertz CT molecular complexity index is 1530. The van der Waals surface area contributed by atoms with E-state index in [1.165, 1.54) is 0 Å². The van der Waals surface area contributed by atoms with Crippen LogP contribution < -0.4 is 31.8 Å². The topological polar surface area (TPSA) is 180 Å². The summed E-state index contributed by atoms with van der Waals surface area (Å²) in [7, 11) is 0. The van der Waals surface area contributed by atoms with Gasteiger partial charge in [0.05, 0.1) is 11.9 Å². The van der Waals surface area contributed by atoms with Gasteiger partial charge in [-0.3, -0.25) is 4.99 Å². The quantitative estimate of drug-likeness (QED) is 0.162. The second-order valence-electron chi connectivity index (χ2n) is 11.2. The second-order valence-corrected chi connectivity index (χ2v) is 12.3. The molecule has 0 radical (unpaired) electrons. The molecule has 1 aliphatic carbocycles. The molecule has 11 nitrogen and oxygen atoms in total. The Labute approximate surface area is 270 Å². The van der Waals surface area contributed by atoms with E-state index in [0.717, 1.165) is 38.3 Å². The first-order valence-corrected chi connectivity index (χ1v) is 14.7. The number of aromatic nitrogens is 1. The van der Waals surface area contributed by atoms with Crippen LogP contribution in [0.25, 0.3) is 20.8 Å². The molecule has 3 rings (SSSR count). The molecule has 0 saturated heterocycles. The Morgan fingerprint density at radius 1 is 1.04 bits per heavy atom. The molecule has 18 heteroatoms. The van der Waals surface area contributed by atoms with Crippen LogP contribution >= 0.6 is 11.3 Å². The number of H-pyrrole nitrogens is 1. The van der Waals surface area contributed by atoms with Gasteiger partial charge in [0, 0.05) is 35.9 Å². The molecule has 1 aromatic carbocycles. The molecule has 0 bridgehead atoms. The summed E-state index contributed by atoms with van der Waals surface area (Å²) in [6.07, 6.45) is -9.77. The number of amides is 1. The fourth-order valence-corrected chi connectivity index (χ4v) is 4.42. The second kappa shape index (κ2) is 16.6. The molecule has 1 amide bonds. The van der Waals surface area contributed by atoms with Gasteiger partial charge < -0.3 is 36.1 Å². The van der Waals surface area contributed by atoms with Gasteiger partial charge in [-0.05, 0) is 65.3 Å². The van der Waals surface area contributed by atoms with Gasteiger partial charge in [0.2, 0.25) is 11.2 Å². The maximum absolute atomic E-state index is 11.8. The van der Waals surface area contributed by atoms with Gasteiger partial charge in [0.1, 0.15) is 21.1 Å². The summed E-state index contributed by atoms with van der Waals surface area (Å²) in [5.41, 5.74) is 8.75. The fourth-order valence-electron chi connectivity index (χ4n) is 3.36. The van der Waals surface area contributed by atoms with Gasteiger partial charge in [-0.15, -0.1) is 11.3 Å². The van der Waals surface area contributed by atoms with E-state index in [1.807, 2.05) is 39.8 Å². The molecular formula is C29H37F6N5O6S. The van der Waals surface area contributed by atoms with Crippen LogP contribution in [0.15, 0.2) is 41.4 Å². The van der Waals surface area contributed by atoms with E-state index in [0.29, 0.717) is 13.1 Å². The maximum Gasteiger partial charge on any atom is 0.490 e. The number of hydrogen-bond donors (Lipinski definition) is 4. The zero-order valence-corrected chi connectivity index (χ0v) is 27.2. The van der Waals surface area contributed by atoms with Crippen molar-refractivity contribution in [3.63, 3.8) is 0 Å². The molecule has 0 aromatic heterocycles. The number of hydrogen-bond acceptors (Lipinski definition) is 9. The van der Waals surface area contributed by atoms with Crippen LogP contribution in [-0.2, 0) is 14.3 Å². The first kappa shape index (κ1) is 40.8. The summed E-state index contributed by atoms with van der Waals surface area (Å²) >= 11 is 1.72. The van der Waals surface area contributed by atoms with Gasteiger partial charge in [-0.2, -0.15) is 26.3 Å². The SMILES string of the molecule is CCC(C)(Nc1ccc2[nH+]c3ccc(=NCCNC(=O)OC(C)(C)C)cc-3sc2c1)C(C)N.O=C(O)C(F)(F)F.O=C([O-])C(F)(F)F. The van der Waals surface area contributed by atoms with Crippen molar-refractivity contribution in [2.24, 2.45) is 10.7 Å². The number of carboxylic acids is 2. The number of alkyl halides is 6. The molecule has 2 unspecified atom stereocenters. The monoisotopic (exact) mass is 697 g/mol. The summed E-state index contributed by atoms with van der Waals surface area (Å²) in [5.74, 6) is -5.76. The number of benzene rings is 2. The van der Waals surface area contributed by atoms with E-state index in [-0.39, 0.29) is 11.6 Å². The molecule has 2 aliphatic rings. The average molecular weight is 698 g/mol. The first-order valence-electron chi connectivity index (χ1n) is 13.9. The normalized spacial score (nSPS) is 14.1. The number of ether oxygens (including phenoxy) is 1. The molecule has 1 aliphatic heterocycles. The number of nitrogens with one attached hydrogen (secondary N) is 3. The van der Waals surface area contributed by atoms with Crippen molar-refractivity contribution in [2.45, 2.75) is 77.5 Å². The number of alkyl carbamates (subject to hydrolysis) is 1.